The van der Waals surface area contributed by atoms with Crippen molar-refractivity contribution in [3.05, 3.63) is 0 Å². The number of hydrogen-bond acceptors (Lipinski definition) is 3. The van der Waals surface area contributed by atoms with E-state index in [0.717, 1.165) is 6.42 Å². The number of hydrogen-bond donors (Lipinski definition) is 2. The van der Waals surface area contributed by atoms with Gasteiger partial charge in [-0.05, 0) is 6.42 Å². The van der Waals surface area contributed by atoms with Crippen LogP contribution >= 0.6 is 0 Å². The number of rotatable bonds is 4. The van der Waals surface area contributed by atoms with Crippen LogP contribution in [-0.2, 0) is 9.59 Å². The number of carboxylic acids is 1. The molecular weight excluding hydrogens is 174 g/mol. The zero-order valence-electron chi connectivity index (χ0n) is 7.27. The second-order valence-electron chi connectivity index (χ2n) is 3.19. The van der Waals surface area contributed by atoms with E-state index in [2.05, 4.69) is 0 Å². The van der Waals surface area contributed by atoms with E-state index in [0.29, 0.717) is 13.0 Å². The minimum Gasteiger partial charge on any atom is -0.481 e. The van der Waals surface area contributed by atoms with Crippen molar-refractivity contribution in [2.24, 2.45) is 0 Å². The van der Waals surface area contributed by atoms with Gasteiger partial charge in [0.05, 0.1) is 12.5 Å². The highest BCUT2D eigenvalue weighted by Crippen LogP contribution is 2.10. The quantitative estimate of drug-likeness (QED) is 0.618. The van der Waals surface area contributed by atoms with E-state index < -0.39 is 12.1 Å². The Morgan fingerprint density at radius 3 is 2.77 bits per heavy atom. The molecule has 0 radical (unpaired) electrons. The number of amides is 1. The molecule has 5 nitrogen and oxygen atoms in total. The normalized spacial score (nSPS) is 19.2. The molecule has 74 valence electrons. The van der Waals surface area contributed by atoms with E-state index in [1.54, 1.807) is 0 Å². The van der Waals surface area contributed by atoms with Crippen LogP contribution in [0.3, 0.4) is 0 Å². The lowest BCUT2D eigenvalue weighted by atomic mass is 10.2. The molecule has 5 heteroatoms. The van der Waals surface area contributed by atoms with Gasteiger partial charge in [0, 0.05) is 19.5 Å². The fourth-order valence-electron chi connectivity index (χ4n) is 1.42. The fraction of sp³-hybridized carbons (Fsp3) is 0.750. The summed E-state index contributed by atoms with van der Waals surface area (Å²) in [5, 5.41) is 17.6. The number of aliphatic hydroxyl groups excluding tert-OH is 1. The summed E-state index contributed by atoms with van der Waals surface area (Å²) in [6, 6.07) is 0. The van der Waals surface area contributed by atoms with Gasteiger partial charge in [0.2, 0.25) is 5.91 Å². The topological polar surface area (TPSA) is 77.8 Å². The van der Waals surface area contributed by atoms with Crippen LogP contribution < -0.4 is 0 Å². The highest BCUT2D eigenvalue weighted by Gasteiger charge is 2.23. The molecule has 0 aromatic heterocycles. The number of carbonyl (C=O) groups is 2. The van der Waals surface area contributed by atoms with Gasteiger partial charge in [0.25, 0.3) is 0 Å². The van der Waals surface area contributed by atoms with E-state index in [-0.39, 0.29) is 18.9 Å². The molecule has 1 unspecified atom stereocenters. The van der Waals surface area contributed by atoms with Gasteiger partial charge in [-0.15, -0.1) is 0 Å². The molecule has 1 amide bonds. The number of β-amino-alcohol motifs (C(OH)–C–C–N with tert-alkyl or cyclic N) is 1. The molecule has 1 fully saturated rings. The van der Waals surface area contributed by atoms with Crippen LogP contribution in [0.2, 0.25) is 0 Å². The second-order valence-corrected chi connectivity index (χ2v) is 3.19. The van der Waals surface area contributed by atoms with Crippen molar-refractivity contribution in [2.75, 3.05) is 13.1 Å². The van der Waals surface area contributed by atoms with Crippen LogP contribution in [0.5, 0.6) is 0 Å². The van der Waals surface area contributed by atoms with E-state index in [4.69, 9.17) is 5.11 Å². The summed E-state index contributed by atoms with van der Waals surface area (Å²) in [6.07, 6.45) is 0.0712. The largest absolute Gasteiger partial charge is 0.481 e. The molecule has 0 bridgehead atoms. The van der Waals surface area contributed by atoms with Crippen molar-refractivity contribution >= 4 is 11.9 Å². The highest BCUT2D eigenvalue weighted by molar-refractivity contribution is 5.78. The van der Waals surface area contributed by atoms with Crippen molar-refractivity contribution in [3.63, 3.8) is 0 Å². The van der Waals surface area contributed by atoms with Crippen molar-refractivity contribution in [1.29, 1.82) is 0 Å². The van der Waals surface area contributed by atoms with E-state index in [1.807, 2.05) is 0 Å². The highest BCUT2D eigenvalue weighted by atomic mass is 16.4. The third kappa shape index (κ3) is 3.02. The zero-order valence-corrected chi connectivity index (χ0v) is 7.27. The van der Waals surface area contributed by atoms with Crippen molar-refractivity contribution in [3.8, 4) is 0 Å². The van der Waals surface area contributed by atoms with Crippen LogP contribution in [-0.4, -0.2) is 46.2 Å². The summed E-state index contributed by atoms with van der Waals surface area (Å²) in [5.41, 5.74) is 0. The Morgan fingerprint density at radius 1 is 1.62 bits per heavy atom. The van der Waals surface area contributed by atoms with Gasteiger partial charge in [-0.3, -0.25) is 9.59 Å². The second kappa shape index (κ2) is 4.23. The average Bonchev–Trinajstić information content (AvgIpc) is 2.34. The molecular formula is C8H13NO4. The van der Waals surface area contributed by atoms with Gasteiger partial charge < -0.3 is 15.1 Å². The van der Waals surface area contributed by atoms with E-state index >= 15 is 0 Å². The summed E-state index contributed by atoms with van der Waals surface area (Å²) in [6.45, 7) is 0.778. The van der Waals surface area contributed by atoms with E-state index in [1.165, 1.54) is 4.90 Å². The molecule has 1 aliphatic rings. The van der Waals surface area contributed by atoms with Crippen LogP contribution in [0.4, 0.5) is 0 Å². The van der Waals surface area contributed by atoms with Crippen LogP contribution in [0.15, 0.2) is 0 Å². The molecule has 2 N–H and O–H groups in total. The zero-order chi connectivity index (χ0) is 9.84. The smallest absolute Gasteiger partial charge is 0.306 e. The van der Waals surface area contributed by atoms with Gasteiger partial charge in [0.1, 0.15) is 0 Å². The molecule has 1 heterocycles. The van der Waals surface area contributed by atoms with Crippen molar-refractivity contribution in [2.45, 2.75) is 25.4 Å². The predicted molar refractivity (Wildman–Crippen MR) is 44.1 cm³/mol. The molecule has 0 saturated carbocycles. The molecule has 13 heavy (non-hydrogen) atoms. The first-order valence-corrected chi connectivity index (χ1v) is 4.27. The molecule has 1 saturated heterocycles. The van der Waals surface area contributed by atoms with Gasteiger partial charge in [-0.25, -0.2) is 0 Å². The van der Waals surface area contributed by atoms with Crippen LogP contribution in [0.1, 0.15) is 19.3 Å². The summed E-state index contributed by atoms with van der Waals surface area (Å²) in [5.74, 6) is -1.04. The number of carbonyl (C=O) groups excluding carboxylic acids is 1. The van der Waals surface area contributed by atoms with E-state index in [9.17, 15) is 14.7 Å². The molecule has 1 rings (SSSR count). The fourth-order valence-corrected chi connectivity index (χ4v) is 1.42. The SMILES string of the molecule is O=C(O)CC(O)CN1CCCC1=O. The number of aliphatic carboxylic acids is 1. The Hall–Kier alpha value is -1.10. The monoisotopic (exact) mass is 187 g/mol. The average molecular weight is 187 g/mol. The summed E-state index contributed by atoms with van der Waals surface area (Å²) >= 11 is 0. The Kier molecular flexibility index (Phi) is 3.25. The number of aliphatic hydroxyl groups is 1. The predicted octanol–water partition coefficient (Wildman–Crippen LogP) is -0.556. The van der Waals surface area contributed by atoms with Gasteiger partial charge in [-0.2, -0.15) is 0 Å². The molecule has 1 atom stereocenters. The number of carboxylic acid groups (broad SMARTS) is 1. The summed E-state index contributed by atoms with van der Waals surface area (Å²) < 4.78 is 0. The maximum Gasteiger partial charge on any atom is 0.306 e. The van der Waals surface area contributed by atoms with Crippen molar-refractivity contribution < 1.29 is 19.8 Å². The lowest BCUT2D eigenvalue weighted by Gasteiger charge is -2.18. The number of nitrogens with zero attached hydrogens (tertiary/aromatic N) is 1. The third-order valence-corrected chi connectivity index (χ3v) is 2.01. The van der Waals surface area contributed by atoms with Gasteiger partial charge in [-0.1, -0.05) is 0 Å². The first kappa shape index (κ1) is 9.98. The minimum absolute atomic E-state index is 0.00411. The maximum atomic E-state index is 11.1. The Bertz CT molecular complexity index is 216. The van der Waals surface area contributed by atoms with Crippen molar-refractivity contribution in [1.82, 2.24) is 4.90 Å². The van der Waals surface area contributed by atoms with Gasteiger partial charge in [0.15, 0.2) is 0 Å². The standard InChI is InChI=1S/C8H13NO4/c10-6(4-8(12)13)5-9-3-1-2-7(9)11/h6,10H,1-5H2,(H,12,13). The summed E-state index contributed by atoms with van der Waals surface area (Å²) in [7, 11) is 0. The Balaban J connectivity index is 2.30. The van der Waals surface area contributed by atoms with Crippen LogP contribution in [0.25, 0.3) is 0 Å². The van der Waals surface area contributed by atoms with Crippen LogP contribution in [0, 0.1) is 0 Å². The third-order valence-electron chi connectivity index (χ3n) is 2.01. The first-order valence-electron chi connectivity index (χ1n) is 4.27. The molecule has 0 aliphatic carbocycles. The lowest BCUT2D eigenvalue weighted by molar-refractivity contribution is -0.140. The Morgan fingerprint density at radius 2 is 2.31 bits per heavy atom. The summed E-state index contributed by atoms with van der Waals surface area (Å²) in [4.78, 5) is 22.8. The lowest BCUT2D eigenvalue weighted by Crippen LogP contribution is -2.34. The maximum absolute atomic E-state index is 11.1. The molecule has 1 aliphatic heterocycles. The number of likely N-dealkylation sites (tertiary alicyclic amines) is 1. The molecule has 0 aromatic rings. The minimum atomic E-state index is -1.04. The first-order chi connectivity index (χ1) is 6.09. The Labute approximate surface area is 76.0 Å². The molecule has 0 aromatic carbocycles. The van der Waals surface area contributed by atoms with Gasteiger partial charge >= 0.3 is 5.97 Å². The molecule has 0 spiro atoms.